The van der Waals surface area contributed by atoms with Gasteiger partial charge in [-0.15, -0.1) is 0 Å². The second-order valence-electron chi connectivity index (χ2n) is 10.00. The monoisotopic (exact) mass is 538 g/mol. The average Bonchev–Trinajstić information content (AvgIpc) is 3.64. The van der Waals surface area contributed by atoms with Gasteiger partial charge in [0.2, 0.25) is 0 Å². The molecule has 2 atom stereocenters. The van der Waals surface area contributed by atoms with Crippen LogP contribution in [-0.4, -0.2) is 24.6 Å². The Bertz CT molecular complexity index is 1600. The largest absolute Gasteiger partial charge is 0.382 e. The molecule has 190 valence electrons. The molecule has 0 amide bonds. The van der Waals surface area contributed by atoms with Gasteiger partial charge in [0.05, 0.1) is 22.1 Å². The number of rotatable bonds is 5. The molecule has 5 rings (SSSR count). The van der Waals surface area contributed by atoms with E-state index in [0.29, 0.717) is 17.1 Å². The van der Waals surface area contributed by atoms with Gasteiger partial charge < -0.3 is 5.11 Å². The number of hydrogen-bond acceptors (Lipinski definition) is 5. The highest BCUT2D eigenvalue weighted by Gasteiger charge is 2.41. The van der Waals surface area contributed by atoms with Crippen molar-refractivity contribution in [1.29, 1.82) is 0 Å². The van der Waals surface area contributed by atoms with E-state index >= 15 is 0 Å². The number of hydrogen-bond donors (Lipinski definition) is 1. The summed E-state index contributed by atoms with van der Waals surface area (Å²) in [6, 6.07) is 10.2. The summed E-state index contributed by atoms with van der Waals surface area (Å²) in [5, 5.41) is 10.5. The lowest BCUT2D eigenvalue weighted by molar-refractivity contribution is 0.0688. The fourth-order valence-corrected chi connectivity index (χ4v) is 5.04. The van der Waals surface area contributed by atoms with Gasteiger partial charge in [-0.25, -0.2) is 14.4 Å². The highest BCUT2D eigenvalue weighted by molar-refractivity contribution is 6.31. The fraction of sp³-hybridized carbons (Fsp3) is 0.286. The van der Waals surface area contributed by atoms with Gasteiger partial charge in [-0.3, -0.25) is 14.3 Å². The number of nitrogens with zero attached hydrogens (tertiary/aromatic N) is 4. The third-order valence-electron chi connectivity index (χ3n) is 6.70. The van der Waals surface area contributed by atoms with E-state index in [1.54, 1.807) is 49.0 Å². The Balaban J connectivity index is 1.53. The number of aliphatic hydroxyl groups is 1. The van der Waals surface area contributed by atoms with Gasteiger partial charge in [-0.2, -0.15) is 0 Å². The van der Waals surface area contributed by atoms with Crippen molar-refractivity contribution in [3.8, 4) is 17.1 Å². The fourth-order valence-electron chi connectivity index (χ4n) is 4.64. The zero-order chi connectivity index (χ0) is 26.6. The van der Waals surface area contributed by atoms with Crippen LogP contribution in [0.3, 0.4) is 0 Å². The van der Waals surface area contributed by atoms with E-state index in [-0.39, 0.29) is 33.3 Å². The van der Waals surface area contributed by atoms with Crippen molar-refractivity contribution in [2.45, 2.75) is 51.6 Å². The number of aryl methyl sites for hydroxylation is 2. The molecule has 1 N–H and O–H groups in total. The molecule has 0 bridgehead atoms. The summed E-state index contributed by atoms with van der Waals surface area (Å²) < 4.78 is 15.6. The Hall–Kier alpha value is -3.13. The predicted octanol–water partition coefficient (Wildman–Crippen LogP) is 6.25. The molecular weight excluding hydrogens is 514 g/mol. The standard InChI is InChI=1S/C28H25Cl2FN4O2/c1-14-13-33-23(22-7-8-32-27(34-22)28(3,4)37)12-24(14)35-15(2)9-19(25(30)26(35)36)18-11-17(18)16-5-6-20(29)21(31)10-16/h5-10,12-13,17-18,37H,11H2,1-4H3/t17?,18-/m1/s1. The number of benzene rings is 1. The number of pyridine rings is 2. The normalized spacial score (nSPS) is 17.2. The molecule has 9 heteroatoms. The molecule has 1 unspecified atom stereocenters. The smallest absolute Gasteiger partial charge is 0.274 e. The number of aromatic nitrogens is 4. The molecule has 1 aliphatic rings. The second kappa shape index (κ2) is 9.31. The van der Waals surface area contributed by atoms with E-state index in [1.165, 1.54) is 6.07 Å². The molecule has 1 saturated carbocycles. The zero-order valence-electron chi connectivity index (χ0n) is 20.8. The highest BCUT2D eigenvalue weighted by atomic mass is 35.5. The van der Waals surface area contributed by atoms with Gasteiger partial charge in [0.1, 0.15) is 16.4 Å². The Morgan fingerprint density at radius 2 is 1.81 bits per heavy atom. The lowest BCUT2D eigenvalue weighted by atomic mass is 10.0. The van der Waals surface area contributed by atoms with Crippen LogP contribution >= 0.6 is 23.2 Å². The van der Waals surface area contributed by atoms with Crippen LogP contribution in [0.15, 0.2) is 53.6 Å². The third-order valence-corrected chi connectivity index (χ3v) is 7.39. The van der Waals surface area contributed by atoms with Crippen molar-refractivity contribution in [2.75, 3.05) is 0 Å². The molecule has 0 aliphatic heterocycles. The SMILES string of the molecule is Cc1cnc(-c2ccnc(C(C)(C)O)n2)cc1-n1c(C)cc([C@@H]2CC2c2ccc(Cl)c(F)c2)c(Cl)c1=O. The van der Waals surface area contributed by atoms with E-state index in [4.69, 9.17) is 23.2 Å². The van der Waals surface area contributed by atoms with Crippen LogP contribution in [0.2, 0.25) is 10.0 Å². The van der Waals surface area contributed by atoms with Gasteiger partial charge in [-0.05, 0) is 93.0 Å². The summed E-state index contributed by atoms with van der Waals surface area (Å²) in [5.41, 5.74) is 3.27. The molecule has 6 nitrogen and oxygen atoms in total. The van der Waals surface area contributed by atoms with Crippen molar-refractivity contribution in [3.63, 3.8) is 0 Å². The maximum Gasteiger partial charge on any atom is 0.274 e. The minimum Gasteiger partial charge on any atom is -0.382 e. The third kappa shape index (κ3) is 4.79. The first-order valence-electron chi connectivity index (χ1n) is 11.9. The lowest BCUT2D eigenvalue weighted by Gasteiger charge is -2.17. The average molecular weight is 539 g/mol. The molecule has 1 aromatic carbocycles. The van der Waals surface area contributed by atoms with Gasteiger partial charge >= 0.3 is 0 Å². The van der Waals surface area contributed by atoms with Crippen LogP contribution in [0.5, 0.6) is 0 Å². The van der Waals surface area contributed by atoms with E-state index in [1.807, 2.05) is 26.0 Å². The summed E-state index contributed by atoms with van der Waals surface area (Å²) in [6.07, 6.45) is 4.02. The quantitative estimate of drug-likeness (QED) is 0.324. The van der Waals surface area contributed by atoms with Gasteiger partial charge in [-0.1, -0.05) is 29.3 Å². The van der Waals surface area contributed by atoms with Gasteiger partial charge in [0.15, 0.2) is 5.82 Å². The lowest BCUT2D eigenvalue weighted by Crippen LogP contribution is -2.23. The first-order valence-corrected chi connectivity index (χ1v) is 12.6. The highest BCUT2D eigenvalue weighted by Crippen LogP contribution is 2.56. The van der Waals surface area contributed by atoms with Crippen molar-refractivity contribution in [3.05, 3.63) is 103 Å². The Kier molecular flexibility index (Phi) is 6.42. The summed E-state index contributed by atoms with van der Waals surface area (Å²) in [7, 11) is 0. The molecule has 1 aliphatic carbocycles. The van der Waals surface area contributed by atoms with Crippen LogP contribution in [-0.2, 0) is 5.60 Å². The van der Waals surface area contributed by atoms with Gasteiger partial charge in [0, 0.05) is 18.1 Å². The molecule has 4 aromatic rings. The van der Waals surface area contributed by atoms with E-state index in [2.05, 4.69) is 15.0 Å². The van der Waals surface area contributed by atoms with Crippen molar-refractivity contribution in [1.82, 2.24) is 19.5 Å². The Morgan fingerprint density at radius 3 is 2.51 bits per heavy atom. The van der Waals surface area contributed by atoms with Crippen molar-refractivity contribution < 1.29 is 9.50 Å². The molecule has 3 heterocycles. The van der Waals surface area contributed by atoms with Crippen LogP contribution < -0.4 is 5.56 Å². The minimum absolute atomic E-state index is 0.0319. The summed E-state index contributed by atoms with van der Waals surface area (Å²) >= 11 is 12.5. The maximum absolute atomic E-state index is 14.0. The first-order chi connectivity index (χ1) is 17.5. The topological polar surface area (TPSA) is 80.9 Å². The molecule has 0 radical (unpaired) electrons. The van der Waals surface area contributed by atoms with E-state index in [9.17, 15) is 14.3 Å². The van der Waals surface area contributed by atoms with Crippen LogP contribution in [0.25, 0.3) is 17.1 Å². The van der Waals surface area contributed by atoms with Gasteiger partial charge in [0.25, 0.3) is 5.56 Å². The summed E-state index contributed by atoms with van der Waals surface area (Å²) in [5.74, 6) is -0.0699. The predicted molar refractivity (Wildman–Crippen MR) is 142 cm³/mol. The molecule has 1 fully saturated rings. The van der Waals surface area contributed by atoms with Crippen LogP contribution in [0.1, 0.15) is 60.3 Å². The molecular formula is C28H25Cl2FN4O2. The summed E-state index contributed by atoms with van der Waals surface area (Å²) in [4.78, 5) is 26.7. The van der Waals surface area contributed by atoms with E-state index < -0.39 is 11.4 Å². The Morgan fingerprint density at radius 1 is 1.05 bits per heavy atom. The molecule has 37 heavy (non-hydrogen) atoms. The second-order valence-corrected chi connectivity index (χ2v) is 10.8. The molecule has 0 saturated heterocycles. The number of halogens is 3. The first kappa shape index (κ1) is 25.5. The van der Waals surface area contributed by atoms with E-state index in [0.717, 1.165) is 28.8 Å². The minimum atomic E-state index is -1.21. The van der Waals surface area contributed by atoms with Crippen molar-refractivity contribution in [2.24, 2.45) is 0 Å². The maximum atomic E-state index is 14.0. The molecule has 0 spiro atoms. The molecule has 3 aromatic heterocycles. The van der Waals surface area contributed by atoms with Crippen molar-refractivity contribution >= 4 is 23.2 Å². The summed E-state index contributed by atoms with van der Waals surface area (Å²) in [6.45, 7) is 6.95. The zero-order valence-corrected chi connectivity index (χ0v) is 22.3. The van der Waals surface area contributed by atoms with Crippen LogP contribution in [0.4, 0.5) is 4.39 Å². The van der Waals surface area contributed by atoms with Crippen LogP contribution in [0, 0.1) is 19.7 Å². The Labute approximate surface area is 223 Å².